The van der Waals surface area contributed by atoms with Gasteiger partial charge in [0.25, 0.3) is 5.91 Å². The molecular formula is C21H23NO6S. The summed E-state index contributed by atoms with van der Waals surface area (Å²) in [5.74, 6) is 0.903. The van der Waals surface area contributed by atoms with Crippen LogP contribution in [0.3, 0.4) is 0 Å². The topological polar surface area (TPSA) is 83.1 Å². The van der Waals surface area contributed by atoms with Gasteiger partial charge in [0.15, 0.2) is 18.1 Å². The Hall–Kier alpha value is -2.87. The average Bonchev–Trinajstić information content (AvgIpc) is 2.76. The molecule has 1 N–H and O–H groups in total. The van der Waals surface area contributed by atoms with Crippen molar-refractivity contribution in [1.82, 2.24) is 5.32 Å². The van der Waals surface area contributed by atoms with Gasteiger partial charge >= 0.3 is 5.97 Å². The molecule has 0 saturated carbocycles. The van der Waals surface area contributed by atoms with Crippen molar-refractivity contribution in [3.05, 3.63) is 47.5 Å². The Morgan fingerprint density at radius 1 is 1.10 bits per heavy atom. The van der Waals surface area contributed by atoms with Gasteiger partial charge in [0, 0.05) is 11.4 Å². The first kappa shape index (κ1) is 20.9. The molecule has 0 aliphatic carbocycles. The highest BCUT2D eigenvalue weighted by atomic mass is 32.2. The van der Waals surface area contributed by atoms with Crippen molar-refractivity contribution in [3.63, 3.8) is 0 Å². The van der Waals surface area contributed by atoms with E-state index < -0.39 is 5.97 Å². The smallest absolute Gasteiger partial charge is 0.342 e. The molecule has 1 aliphatic heterocycles. The number of nitrogens with one attached hydrogen (secondary N) is 1. The van der Waals surface area contributed by atoms with E-state index in [2.05, 4.69) is 5.32 Å². The largest absolute Gasteiger partial charge is 0.496 e. The number of hydrogen-bond acceptors (Lipinski definition) is 7. The molecule has 1 aliphatic rings. The fourth-order valence-electron chi connectivity index (χ4n) is 2.82. The Bertz CT molecular complexity index is 885. The highest BCUT2D eigenvalue weighted by Gasteiger charge is 2.16. The van der Waals surface area contributed by atoms with Crippen LogP contribution in [0.25, 0.3) is 0 Å². The van der Waals surface area contributed by atoms with Crippen molar-refractivity contribution in [2.24, 2.45) is 0 Å². The highest BCUT2D eigenvalue weighted by molar-refractivity contribution is 7.98. The first-order valence-electron chi connectivity index (χ1n) is 9.15. The Balaban J connectivity index is 1.45. The molecule has 2 aromatic rings. The number of carbonyl (C=O) groups is 2. The molecule has 8 heteroatoms. The molecule has 0 spiro atoms. The highest BCUT2D eigenvalue weighted by Crippen LogP contribution is 2.30. The van der Waals surface area contributed by atoms with Gasteiger partial charge in [-0.2, -0.15) is 0 Å². The number of rotatable bonds is 8. The summed E-state index contributed by atoms with van der Waals surface area (Å²) in [6.07, 6.45) is 2.56. The van der Waals surface area contributed by atoms with Crippen LogP contribution in [-0.4, -0.2) is 51.6 Å². The Morgan fingerprint density at radius 2 is 1.90 bits per heavy atom. The molecule has 0 unspecified atom stereocenters. The molecule has 1 heterocycles. The zero-order valence-corrected chi connectivity index (χ0v) is 17.2. The van der Waals surface area contributed by atoms with Crippen LogP contribution in [0.5, 0.6) is 17.2 Å². The lowest BCUT2D eigenvalue weighted by atomic mass is 10.1. The van der Waals surface area contributed by atoms with E-state index in [0.29, 0.717) is 31.9 Å². The summed E-state index contributed by atoms with van der Waals surface area (Å²) in [5.41, 5.74) is 1.31. The van der Waals surface area contributed by atoms with Gasteiger partial charge in [0.2, 0.25) is 0 Å². The summed E-state index contributed by atoms with van der Waals surface area (Å²) < 4.78 is 21.4. The van der Waals surface area contributed by atoms with Crippen LogP contribution >= 0.6 is 11.8 Å². The van der Waals surface area contributed by atoms with Crippen LogP contribution in [0.4, 0.5) is 0 Å². The van der Waals surface area contributed by atoms with Gasteiger partial charge in [0.05, 0.1) is 7.11 Å². The third-order valence-electron chi connectivity index (χ3n) is 4.31. The van der Waals surface area contributed by atoms with E-state index in [0.717, 1.165) is 22.0 Å². The third-order valence-corrected chi connectivity index (χ3v) is 5.03. The van der Waals surface area contributed by atoms with Gasteiger partial charge in [-0.1, -0.05) is 6.07 Å². The van der Waals surface area contributed by atoms with Crippen molar-refractivity contribution in [2.75, 3.05) is 39.7 Å². The predicted molar refractivity (Wildman–Crippen MR) is 109 cm³/mol. The lowest BCUT2D eigenvalue weighted by molar-refractivity contribution is -0.124. The summed E-state index contributed by atoms with van der Waals surface area (Å²) in [6.45, 7) is 1.15. The maximum absolute atomic E-state index is 12.2. The molecule has 29 heavy (non-hydrogen) atoms. The van der Waals surface area contributed by atoms with E-state index in [1.165, 1.54) is 7.11 Å². The molecule has 0 atom stereocenters. The minimum absolute atomic E-state index is 0.286. The zero-order valence-electron chi connectivity index (χ0n) is 16.4. The van der Waals surface area contributed by atoms with Crippen LogP contribution < -0.4 is 19.5 Å². The molecule has 0 fully saturated rings. The minimum atomic E-state index is -0.600. The number of carbonyl (C=O) groups excluding carboxylic acids is 2. The average molecular weight is 417 g/mol. The normalized spacial score (nSPS) is 12.2. The summed E-state index contributed by atoms with van der Waals surface area (Å²) in [4.78, 5) is 25.2. The molecule has 2 aromatic carbocycles. The van der Waals surface area contributed by atoms with Gasteiger partial charge in [-0.25, -0.2) is 4.79 Å². The first-order chi connectivity index (χ1) is 14.1. The first-order valence-corrected chi connectivity index (χ1v) is 10.4. The van der Waals surface area contributed by atoms with Crippen LogP contribution in [0, 0.1) is 0 Å². The number of thioether (sulfide) groups is 1. The SMILES string of the molecule is COc1cc(SC)ccc1C(=O)OCC(=O)NCCc1ccc2c(c1)OCCO2. The van der Waals surface area contributed by atoms with Gasteiger partial charge in [-0.3, -0.25) is 4.79 Å². The van der Waals surface area contributed by atoms with Crippen molar-refractivity contribution in [3.8, 4) is 17.2 Å². The van der Waals surface area contributed by atoms with Gasteiger partial charge in [-0.15, -0.1) is 11.8 Å². The maximum Gasteiger partial charge on any atom is 0.342 e. The molecule has 0 saturated heterocycles. The van der Waals surface area contributed by atoms with Crippen molar-refractivity contribution in [2.45, 2.75) is 11.3 Å². The van der Waals surface area contributed by atoms with E-state index in [1.807, 2.05) is 24.5 Å². The lowest BCUT2D eigenvalue weighted by Gasteiger charge is -2.18. The zero-order chi connectivity index (χ0) is 20.6. The van der Waals surface area contributed by atoms with Gasteiger partial charge < -0.3 is 24.3 Å². The second-order valence-corrected chi connectivity index (χ2v) is 7.10. The van der Waals surface area contributed by atoms with Crippen LogP contribution in [0.2, 0.25) is 0 Å². The predicted octanol–water partition coefficient (Wildman–Crippen LogP) is 2.70. The van der Waals surface area contributed by atoms with E-state index in [-0.39, 0.29) is 18.1 Å². The van der Waals surface area contributed by atoms with Crippen molar-refractivity contribution >= 4 is 23.6 Å². The number of benzene rings is 2. The monoisotopic (exact) mass is 417 g/mol. The molecule has 0 aromatic heterocycles. The van der Waals surface area contributed by atoms with E-state index in [9.17, 15) is 9.59 Å². The lowest BCUT2D eigenvalue weighted by Crippen LogP contribution is -2.30. The Morgan fingerprint density at radius 3 is 2.66 bits per heavy atom. The maximum atomic E-state index is 12.2. The summed E-state index contributed by atoms with van der Waals surface area (Å²) in [6, 6.07) is 10.9. The molecule has 1 amide bonds. The fourth-order valence-corrected chi connectivity index (χ4v) is 3.25. The summed E-state index contributed by atoms with van der Waals surface area (Å²) in [7, 11) is 1.49. The van der Waals surface area contributed by atoms with Crippen molar-refractivity contribution in [1.29, 1.82) is 0 Å². The fraction of sp³-hybridized carbons (Fsp3) is 0.333. The third kappa shape index (κ3) is 5.57. The number of esters is 1. The number of fused-ring (bicyclic) bond motifs is 1. The minimum Gasteiger partial charge on any atom is -0.496 e. The Labute approximate surface area is 173 Å². The molecule has 3 rings (SSSR count). The number of ether oxygens (including phenoxy) is 4. The Kier molecular flexibility index (Phi) is 7.24. The summed E-state index contributed by atoms with van der Waals surface area (Å²) in [5, 5.41) is 2.74. The summed E-state index contributed by atoms with van der Waals surface area (Å²) >= 11 is 1.54. The van der Waals surface area contributed by atoms with Crippen LogP contribution in [0.1, 0.15) is 15.9 Å². The van der Waals surface area contributed by atoms with Crippen LogP contribution in [-0.2, 0) is 16.0 Å². The quantitative estimate of drug-likeness (QED) is 0.522. The number of methoxy groups -OCH3 is 1. The molecular weight excluding hydrogens is 394 g/mol. The van der Waals surface area contributed by atoms with E-state index >= 15 is 0 Å². The van der Waals surface area contributed by atoms with E-state index in [1.54, 1.807) is 30.0 Å². The second-order valence-electron chi connectivity index (χ2n) is 6.22. The van der Waals surface area contributed by atoms with Gasteiger partial charge in [0.1, 0.15) is 24.5 Å². The molecule has 7 nitrogen and oxygen atoms in total. The molecule has 0 radical (unpaired) electrons. The van der Waals surface area contributed by atoms with Crippen molar-refractivity contribution < 1.29 is 28.5 Å². The van der Waals surface area contributed by atoms with E-state index in [4.69, 9.17) is 18.9 Å². The molecule has 154 valence electrons. The second kappa shape index (κ2) is 10.1. The number of hydrogen-bond donors (Lipinski definition) is 1. The molecule has 0 bridgehead atoms. The van der Waals surface area contributed by atoms with Crippen LogP contribution in [0.15, 0.2) is 41.3 Å². The standard InChI is InChI=1S/C21H23NO6S/c1-25-18-12-15(29-2)4-5-16(18)21(24)28-13-20(23)22-8-7-14-3-6-17-19(11-14)27-10-9-26-17/h3-6,11-12H,7-10,13H2,1-2H3,(H,22,23). The van der Waals surface area contributed by atoms with Gasteiger partial charge in [-0.05, 0) is 48.6 Å². The number of amides is 1.